The molecule has 0 aromatic heterocycles. The molecule has 1 aromatic rings. The van der Waals surface area contributed by atoms with E-state index in [4.69, 9.17) is 9.84 Å². The molecule has 0 bridgehead atoms. The van der Waals surface area contributed by atoms with Crippen molar-refractivity contribution in [2.45, 2.75) is 20.0 Å². The fourth-order valence-corrected chi connectivity index (χ4v) is 1.39. The molecule has 116 valence electrons. The Morgan fingerprint density at radius 2 is 1.95 bits per heavy atom. The van der Waals surface area contributed by atoms with Gasteiger partial charge in [-0.15, -0.1) is 0 Å². The third kappa shape index (κ3) is 4.97. The van der Waals surface area contributed by atoms with Crippen molar-refractivity contribution in [2.75, 3.05) is 11.9 Å². The van der Waals surface area contributed by atoms with Gasteiger partial charge in [0.1, 0.15) is 0 Å². The van der Waals surface area contributed by atoms with E-state index >= 15 is 0 Å². The quantitative estimate of drug-likeness (QED) is 0.891. The molecule has 0 aliphatic heterocycles. The van der Waals surface area contributed by atoms with Gasteiger partial charge in [0.15, 0.2) is 0 Å². The van der Waals surface area contributed by atoms with E-state index in [1.54, 1.807) is 13.8 Å². The van der Waals surface area contributed by atoms with Crippen molar-refractivity contribution in [3.8, 4) is 0 Å². The molecule has 8 heteroatoms. The van der Waals surface area contributed by atoms with Gasteiger partial charge in [0.25, 0.3) is 0 Å². The molecule has 2 N–H and O–H groups in total. The predicted octanol–water partition coefficient (Wildman–Crippen LogP) is 3.61. The highest BCUT2D eigenvalue weighted by molar-refractivity contribution is 5.98. The minimum atomic E-state index is -4.67. The average molecular weight is 305 g/mol. The van der Waals surface area contributed by atoms with Crippen molar-refractivity contribution in [1.29, 1.82) is 0 Å². The number of amides is 1. The van der Waals surface area contributed by atoms with Crippen molar-refractivity contribution in [3.63, 3.8) is 0 Å². The number of halogens is 3. The van der Waals surface area contributed by atoms with Crippen LogP contribution in [0.4, 0.5) is 23.7 Å². The monoisotopic (exact) mass is 305 g/mol. The summed E-state index contributed by atoms with van der Waals surface area (Å²) < 4.78 is 42.4. The van der Waals surface area contributed by atoms with Crippen LogP contribution in [0.25, 0.3) is 0 Å². The van der Waals surface area contributed by atoms with Gasteiger partial charge < -0.3 is 9.84 Å². The number of carboxylic acids is 1. The summed E-state index contributed by atoms with van der Waals surface area (Å²) in [6.07, 6.45) is -5.59. The second-order valence-electron chi connectivity index (χ2n) is 4.68. The van der Waals surface area contributed by atoms with Gasteiger partial charge in [-0.25, -0.2) is 9.59 Å². The number of alkyl halides is 3. The number of carboxylic acid groups (broad SMARTS) is 1. The zero-order valence-electron chi connectivity index (χ0n) is 11.3. The van der Waals surface area contributed by atoms with Gasteiger partial charge in [0.2, 0.25) is 0 Å². The average Bonchev–Trinajstić information content (AvgIpc) is 2.35. The molecule has 0 spiro atoms. The van der Waals surface area contributed by atoms with Crippen molar-refractivity contribution in [2.24, 2.45) is 5.92 Å². The van der Waals surface area contributed by atoms with E-state index in [-0.39, 0.29) is 18.2 Å². The normalized spacial score (nSPS) is 11.3. The SMILES string of the molecule is CC(C)COC(=O)Nc1ccc(C(F)(F)F)cc1C(=O)O. The van der Waals surface area contributed by atoms with Crippen LogP contribution in [0.1, 0.15) is 29.8 Å². The molecule has 0 unspecified atom stereocenters. The molecular formula is C13H14F3NO4. The maximum atomic E-state index is 12.5. The van der Waals surface area contributed by atoms with Crippen LogP contribution in [-0.2, 0) is 10.9 Å². The van der Waals surface area contributed by atoms with Crippen LogP contribution in [0.5, 0.6) is 0 Å². The summed E-state index contributed by atoms with van der Waals surface area (Å²) in [5.74, 6) is -1.51. The first-order valence-corrected chi connectivity index (χ1v) is 5.99. The molecule has 0 fully saturated rings. The van der Waals surface area contributed by atoms with Gasteiger partial charge in [-0.3, -0.25) is 5.32 Å². The van der Waals surface area contributed by atoms with Crippen LogP contribution in [0.3, 0.4) is 0 Å². The van der Waals surface area contributed by atoms with Crippen LogP contribution in [0.2, 0.25) is 0 Å². The topological polar surface area (TPSA) is 75.6 Å². The Balaban J connectivity index is 2.97. The third-order valence-electron chi connectivity index (χ3n) is 2.36. The van der Waals surface area contributed by atoms with Gasteiger partial charge in [-0.1, -0.05) is 13.8 Å². The number of hydrogen-bond donors (Lipinski definition) is 2. The summed E-state index contributed by atoms with van der Waals surface area (Å²) >= 11 is 0. The summed E-state index contributed by atoms with van der Waals surface area (Å²) in [5, 5.41) is 11.0. The second kappa shape index (κ2) is 6.47. The Labute approximate surface area is 118 Å². The molecule has 21 heavy (non-hydrogen) atoms. The van der Waals surface area contributed by atoms with Gasteiger partial charge in [-0.05, 0) is 24.1 Å². The standard InChI is InChI=1S/C13H14F3NO4/c1-7(2)6-21-12(20)17-10-4-3-8(13(14,15)16)5-9(10)11(18)19/h3-5,7H,6H2,1-2H3,(H,17,20)(H,18,19). The molecule has 0 radical (unpaired) electrons. The summed E-state index contributed by atoms with van der Waals surface area (Å²) in [7, 11) is 0. The van der Waals surface area contributed by atoms with Crippen LogP contribution in [0, 0.1) is 5.92 Å². The maximum absolute atomic E-state index is 12.5. The van der Waals surface area contributed by atoms with E-state index < -0.39 is 29.4 Å². The molecule has 5 nitrogen and oxygen atoms in total. The Morgan fingerprint density at radius 1 is 1.33 bits per heavy atom. The smallest absolute Gasteiger partial charge is 0.416 e. The lowest BCUT2D eigenvalue weighted by molar-refractivity contribution is -0.137. The molecule has 0 atom stereocenters. The highest BCUT2D eigenvalue weighted by Gasteiger charge is 2.32. The van der Waals surface area contributed by atoms with Gasteiger partial charge in [0.05, 0.1) is 23.4 Å². The molecule has 0 aliphatic carbocycles. The zero-order chi connectivity index (χ0) is 16.2. The molecule has 0 saturated carbocycles. The number of aromatic carboxylic acids is 1. The Hall–Kier alpha value is -2.25. The first kappa shape index (κ1) is 16.8. The number of carbonyl (C=O) groups is 2. The number of anilines is 1. The van der Waals surface area contributed by atoms with Crippen molar-refractivity contribution in [1.82, 2.24) is 0 Å². The Kier molecular flexibility index (Phi) is 5.17. The fourth-order valence-electron chi connectivity index (χ4n) is 1.39. The summed E-state index contributed by atoms with van der Waals surface area (Å²) in [4.78, 5) is 22.4. The van der Waals surface area contributed by atoms with Crippen LogP contribution in [0.15, 0.2) is 18.2 Å². The van der Waals surface area contributed by atoms with Crippen molar-refractivity contribution in [3.05, 3.63) is 29.3 Å². The third-order valence-corrected chi connectivity index (χ3v) is 2.36. The van der Waals surface area contributed by atoms with Crippen molar-refractivity contribution < 1.29 is 32.6 Å². The lowest BCUT2D eigenvalue weighted by Gasteiger charge is -2.13. The molecule has 0 saturated heterocycles. The molecule has 1 amide bonds. The van der Waals surface area contributed by atoms with Crippen LogP contribution in [-0.4, -0.2) is 23.8 Å². The van der Waals surface area contributed by atoms with E-state index in [0.29, 0.717) is 12.1 Å². The first-order chi connectivity index (χ1) is 9.61. The first-order valence-electron chi connectivity index (χ1n) is 5.99. The molecule has 0 heterocycles. The van der Waals surface area contributed by atoms with Gasteiger partial charge in [-0.2, -0.15) is 13.2 Å². The number of hydrogen-bond acceptors (Lipinski definition) is 3. The zero-order valence-corrected chi connectivity index (χ0v) is 11.3. The number of ether oxygens (including phenoxy) is 1. The fraction of sp³-hybridized carbons (Fsp3) is 0.385. The number of benzene rings is 1. The molecular weight excluding hydrogens is 291 g/mol. The van der Waals surface area contributed by atoms with E-state index in [1.165, 1.54) is 0 Å². The Morgan fingerprint density at radius 3 is 2.43 bits per heavy atom. The van der Waals surface area contributed by atoms with Gasteiger partial charge >= 0.3 is 18.2 Å². The lowest BCUT2D eigenvalue weighted by Crippen LogP contribution is -2.19. The lowest BCUT2D eigenvalue weighted by atomic mass is 10.1. The van der Waals surface area contributed by atoms with E-state index in [0.717, 1.165) is 6.07 Å². The van der Waals surface area contributed by atoms with E-state index in [1.807, 2.05) is 0 Å². The van der Waals surface area contributed by atoms with Crippen LogP contribution >= 0.6 is 0 Å². The minimum absolute atomic E-state index is 0.0716. The highest BCUT2D eigenvalue weighted by Crippen LogP contribution is 2.31. The summed E-state index contributed by atoms with van der Waals surface area (Å²) in [5.41, 5.74) is -2.03. The van der Waals surface area contributed by atoms with E-state index in [2.05, 4.69) is 5.32 Å². The van der Waals surface area contributed by atoms with Crippen molar-refractivity contribution >= 4 is 17.7 Å². The summed E-state index contributed by atoms with van der Waals surface area (Å²) in [6, 6.07) is 2.02. The number of carbonyl (C=O) groups excluding carboxylic acids is 1. The van der Waals surface area contributed by atoms with Crippen LogP contribution < -0.4 is 5.32 Å². The Bertz CT molecular complexity index is 541. The largest absolute Gasteiger partial charge is 0.478 e. The second-order valence-corrected chi connectivity index (χ2v) is 4.68. The molecule has 1 rings (SSSR count). The predicted molar refractivity (Wildman–Crippen MR) is 68.2 cm³/mol. The summed E-state index contributed by atoms with van der Waals surface area (Å²) in [6.45, 7) is 3.71. The minimum Gasteiger partial charge on any atom is -0.478 e. The highest BCUT2D eigenvalue weighted by atomic mass is 19.4. The maximum Gasteiger partial charge on any atom is 0.416 e. The van der Waals surface area contributed by atoms with Gasteiger partial charge in [0, 0.05) is 0 Å². The molecule has 0 aliphatic rings. The van der Waals surface area contributed by atoms with E-state index in [9.17, 15) is 22.8 Å². The molecule has 1 aromatic carbocycles. The number of rotatable bonds is 4. The number of nitrogens with one attached hydrogen (secondary N) is 1.